The standard InChI is InChI=1S/C13H23NO5.C12H21NO5/c1-13(2,3)19-12(16)14-9-6-8(11(15)18-5)7-10(9)17-4;1-12(2,3)18-11(16)13-8-5-7(10(14)15)6-9(8)17-4/h8-10H,6-7H2,1-5H3,(H,14,16);7-9H,5-6H2,1-4H3,(H,13,16)(H,14,15)/t8-,9+,10-;7-,8+,9-/m11/s1. The third kappa shape index (κ3) is 11.5. The van der Waals surface area contributed by atoms with Gasteiger partial charge in [-0.1, -0.05) is 0 Å². The monoisotopic (exact) mass is 532 g/mol. The molecule has 0 aromatic carbocycles. The summed E-state index contributed by atoms with van der Waals surface area (Å²) in [7, 11) is 4.44. The van der Waals surface area contributed by atoms with Crippen LogP contribution in [-0.4, -0.2) is 86.1 Å². The summed E-state index contributed by atoms with van der Waals surface area (Å²) in [6, 6.07) is -0.546. The van der Waals surface area contributed by atoms with Crippen LogP contribution in [0, 0.1) is 11.8 Å². The van der Waals surface area contributed by atoms with Gasteiger partial charge in [0.15, 0.2) is 0 Å². The molecule has 3 N–H and O–H groups in total. The molecule has 12 nitrogen and oxygen atoms in total. The number of esters is 1. The number of nitrogens with one attached hydrogen (secondary N) is 2. The Labute approximate surface area is 219 Å². The molecule has 0 aromatic rings. The lowest BCUT2D eigenvalue weighted by Crippen LogP contribution is -2.43. The van der Waals surface area contributed by atoms with Gasteiger partial charge < -0.3 is 39.4 Å². The van der Waals surface area contributed by atoms with Crippen molar-refractivity contribution in [3.05, 3.63) is 0 Å². The summed E-state index contributed by atoms with van der Waals surface area (Å²) in [5, 5.41) is 14.4. The number of aliphatic carboxylic acids is 1. The summed E-state index contributed by atoms with van der Waals surface area (Å²) in [6.45, 7) is 10.7. The van der Waals surface area contributed by atoms with Gasteiger partial charge in [0, 0.05) is 14.2 Å². The first kappa shape index (κ1) is 32.4. The lowest BCUT2D eigenvalue weighted by molar-refractivity contribution is -0.145. The van der Waals surface area contributed by atoms with Gasteiger partial charge in [0.25, 0.3) is 0 Å². The predicted octanol–water partition coefficient (Wildman–Crippen LogP) is 2.87. The largest absolute Gasteiger partial charge is 0.481 e. The second-order valence-electron chi connectivity index (χ2n) is 11.3. The van der Waals surface area contributed by atoms with Crippen LogP contribution in [-0.2, 0) is 33.3 Å². The van der Waals surface area contributed by atoms with Crippen molar-refractivity contribution in [2.45, 2.75) is 103 Å². The Bertz CT molecular complexity index is 789. The van der Waals surface area contributed by atoms with E-state index in [9.17, 15) is 19.2 Å². The third-order valence-corrected chi connectivity index (χ3v) is 5.90. The van der Waals surface area contributed by atoms with E-state index >= 15 is 0 Å². The summed E-state index contributed by atoms with van der Waals surface area (Å²) in [6.07, 6.45) is 0.314. The predicted molar refractivity (Wildman–Crippen MR) is 133 cm³/mol. The molecular weight excluding hydrogens is 488 g/mol. The highest BCUT2D eigenvalue weighted by Gasteiger charge is 2.41. The van der Waals surface area contributed by atoms with E-state index in [-0.39, 0.29) is 36.2 Å². The highest BCUT2D eigenvalue weighted by atomic mass is 16.6. The maximum absolute atomic E-state index is 11.7. The molecule has 0 bridgehead atoms. The van der Waals surface area contributed by atoms with E-state index in [1.165, 1.54) is 14.2 Å². The summed E-state index contributed by atoms with van der Waals surface area (Å²) < 4.78 is 25.6. The Hall–Kier alpha value is -2.60. The molecule has 0 aliphatic heterocycles. The number of methoxy groups -OCH3 is 3. The first-order valence-electron chi connectivity index (χ1n) is 12.3. The van der Waals surface area contributed by atoms with Crippen LogP contribution in [0.2, 0.25) is 0 Å². The fourth-order valence-electron chi connectivity index (χ4n) is 4.30. The van der Waals surface area contributed by atoms with Crippen molar-refractivity contribution in [1.29, 1.82) is 0 Å². The Morgan fingerprint density at radius 2 is 1.05 bits per heavy atom. The van der Waals surface area contributed by atoms with E-state index in [1.54, 1.807) is 48.7 Å². The minimum absolute atomic E-state index is 0.198. The molecule has 2 saturated carbocycles. The molecule has 2 aliphatic carbocycles. The number of hydrogen-bond acceptors (Lipinski definition) is 9. The molecule has 0 radical (unpaired) electrons. The summed E-state index contributed by atoms with van der Waals surface area (Å²) in [5.41, 5.74) is -1.12. The Kier molecular flexibility index (Phi) is 12.1. The molecule has 0 aromatic heterocycles. The second-order valence-corrected chi connectivity index (χ2v) is 11.3. The van der Waals surface area contributed by atoms with Crippen molar-refractivity contribution >= 4 is 24.1 Å². The smallest absolute Gasteiger partial charge is 0.407 e. The Balaban J connectivity index is 0.000000371. The summed E-state index contributed by atoms with van der Waals surface area (Å²) >= 11 is 0. The number of rotatable bonds is 6. The van der Waals surface area contributed by atoms with Gasteiger partial charge in [0.1, 0.15) is 11.2 Å². The van der Waals surface area contributed by atoms with Gasteiger partial charge in [-0.05, 0) is 67.2 Å². The summed E-state index contributed by atoms with van der Waals surface area (Å²) in [4.78, 5) is 45.8. The molecule has 6 atom stereocenters. The quantitative estimate of drug-likeness (QED) is 0.343. The van der Waals surface area contributed by atoms with Gasteiger partial charge in [-0.25, -0.2) is 9.59 Å². The first-order chi connectivity index (χ1) is 17.0. The van der Waals surface area contributed by atoms with E-state index in [0.717, 1.165) is 0 Å². The van der Waals surface area contributed by atoms with Crippen molar-refractivity contribution in [1.82, 2.24) is 10.6 Å². The van der Waals surface area contributed by atoms with Gasteiger partial charge in [0.2, 0.25) is 0 Å². The fraction of sp³-hybridized carbons (Fsp3) is 0.840. The minimum atomic E-state index is -0.856. The number of amides is 2. The molecule has 214 valence electrons. The number of hydrogen-bond donors (Lipinski definition) is 3. The second kappa shape index (κ2) is 13.8. The van der Waals surface area contributed by atoms with Gasteiger partial charge in [-0.3, -0.25) is 9.59 Å². The Morgan fingerprint density at radius 3 is 1.38 bits per heavy atom. The van der Waals surface area contributed by atoms with Crippen molar-refractivity contribution in [3.63, 3.8) is 0 Å². The molecule has 0 spiro atoms. The fourth-order valence-corrected chi connectivity index (χ4v) is 4.30. The first-order valence-corrected chi connectivity index (χ1v) is 12.3. The highest BCUT2D eigenvalue weighted by molar-refractivity contribution is 5.74. The van der Waals surface area contributed by atoms with Gasteiger partial charge in [0.05, 0.1) is 43.2 Å². The van der Waals surface area contributed by atoms with Crippen molar-refractivity contribution in [2.75, 3.05) is 21.3 Å². The zero-order chi connectivity index (χ0) is 28.6. The number of carbonyl (C=O) groups excluding carboxylic acids is 3. The molecule has 0 saturated heterocycles. The van der Waals surface area contributed by atoms with Crippen molar-refractivity contribution in [3.8, 4) is 0 Å². The zero-order valence-electron chi connectivity index (χ0n) is 23.4. The van der Waals surface area contributed by atoms with Crippen LogP contribution in [0.1, 0.15) is 67.2 Å². The zero-order valence-corrected chi connectivity index (χ0v) is 23.4. The van der Waals surface area contributed by atoms with E-state index in [2.05, 4.69) is 10.6 Å². The van der Waals surface area contributed by atoms with E-state index < -0.39 is 35.3 Å². The minimum Gasteiger partial charge on any atom is -0.481 e. The lowest BCUT2D eigenvalue weighted by Gasteiger charge is -2.24. The Morgan fingerprint density at radius 1 is 0.676 bits per heavy atom. The van der Waals surface area contributed by atoms with Crippen LogP contribution in [0.3, 0.4) is 0 Å². The number of carbonyl (C=O) groups is 4. The van der Waals surface area contributed by atoms with Crippen LogP contribution in [0.15, 0.2) is 0 Å². The molecule has 0 heterocycles. The molecule has 2 aliphatic rings. The third-order valence-electron chi connectivity index (χ3n) is 5.90. The molecule has 37 heavy (non-hydrogen) atoms. The van der Waals surface area contributed by atoms with Gasteiger partial charge in [-0.15, -0.1) is 0 Å². The average Bonchev–Trinajstić information content (AvgIpc) is 3.34. The van der Waals surface area contributed by atoms with Crippen LogP contribution in [0.4, 0.5) is 9.59 Å². The van der Waals surface area contributed by atoms with Gasteiger partial charge in [-0.2, -0.15) is 0 Å². The van der Waals surface area contributed by atoms with Crippen LogP contribution in [0.25, 0.3) is 0 Å². The normalized spacial score (nSPS) is 27.4. The van der Waals surface area contributed by atoms with Crippen molar-refractivity contribution < 1.29 is 48.0 Å². The van der Waals surface area contributed by atoms with Crippen molar-refractivity contribution in [2.24, 2.45) is 11.8 Å². The molecular formula is C25H44N2O10. The van der Waals surface area contributed by atoms with E-state index in [4.69, 9.17) is 28.8 Å². The lowest BCUT2D eigenvalue weighted by atomic mass is 10.1. The van der Waals surface area contributed by atoms with E-state index in [1.807, 2.05) is 0 Å². The maximum atomic E-state index is 11.7. The number of carboxylic acids is 1. The van der Waals surface area contributed by atoms with Crippen LogP contribution >= 0.6 is 0 Å². The number of carboxylic acid groups (broad SMARTS) is 1. The molecule has 0 unspecified atom stereocenters. The maximum Gasteiger partial charge on any atom is 0.407 e. The van der Waals surface area contributed by atoms with Gasteiger partial charge >= 0.3 is 24.1 Å². The SMILES string of the molecule is COC(=O)[C@@H]1C[C@H](NC(=O)OC(C)(C)C)[C@H](OC)C1.CO[C@@H]1C[C@H](C(=O)O)C[C@@H]1NC(=O)OC(C)(C)C. The topological polar surface area (TPSA) is 159 Å². The summed E-state index contributed by atoms with van der Waals surface area (Å²) in [5.74, 6) is -1.84. The number of alkyl carbamates (subject to hydrolysis) is 2. The van der Waals surface area contributed by atoms with Crippen LogP contribution < -0.4 is 10.6 Å². The molecule has 2 amide bonds. The highest BCUT2D eigenvalue weighted by Crippen LogP contribution is 2.30. The molecule has 2 rings (SSSR count). The average molecular weight is 533 g/mol. The van der Waals surface area contributed by atoms with Crippen LogP contribution in [0.5, 0.6) is 0 Å². The molecule has 12 heteroatoms. The number of ether oxygens (including phenoxy) is 5. The molecule has 2 fully saturated rings. The van der Waals surface area contributed by atoms with E-state index in [0.29, 0.717) is 25.7 Å².